The Bertz CT molecular complexity index is 671. The highest BCUT2D eigenvalue weighted by molar-refractivity contribution is 7.14. The molecule has 1 amide bonds. The number of carboxylic acid groups (broad SMARTS) is 1. The fraction of sp³-hybridized carbons (Fsp3) is 0.667. The second-order valence-electron chi connectivity index (χ2n) is 7.06. The number of carbonyl (C=O) groups is 2. The minimum absolute atomic E-state index is 0.0883. The lowest BCUT2D eigenvalue weighted by Gasteiger charge is -2.44. The lowest BCUT2D eigenvalue weighted by Crippen LogP contribution is -2.49. The molecule has 1 N–H and O–H groups in total. The molecule has 136 valence electrons. The van der Waals surface area contributed by atoms with Crippen LogP contribution in [0.4, 0.5) is 0 Å². The predicted octanol–water partition coefficient (Wildman–Crippen LogP) is 2.26. The number of aromatic carboxylic acids is 1. The first-order chi connectivity index (χ1) is 12.1. The van der Waals surface area contributed by atoms with E-state index in [-0.39, 0.29) is 11.8 Å². The number of likely N-dealkylation sites (tertiary alicyclic amines) is 1. The van der Waals surface area contributed by atoms with E-state index in [2.05, 4.69) is 0 Å². The zero-order valence-corrected chi connectivity index (χ0v) is 15.0. The minimum Gasteiger partial charge on any atom is -0.477 e. The van der Waals surface area contributed by atoms with E-state index in [9.17, 15) is 14.7 Å². The Hall–Kier alpha value is -1.44. The quantitative estimate of drug-likeness (QED) is 0.870. The molecule has 2 saturated heterocycles. The SMILES string of the molecule is O=C(O)c1cc2c(s1)CCOC21CCN(C(=O)C2CCOCC2)CC1. The Balaban J connectivity index is 1.48. The van der Waals surface area contributed by atoms with Crippen LogP contribution in [0.15, 0.2) is 6.07 Å². The van der Waals surface area contributed by atoms with Gasteiger partial charge in [0.15, 0.2) is 0 Å². The third-order valence-corrected chi connectivity index (χ3v) is 6.85. The van der Waals surface area contributed by atoms with Gasteiger partial charge in [-0.05, 0) is 37.3 Å². The summed E-state index contributed by atoms with van der Waals surface area (Å²) in [7, 11) is 0. The molecule has 4 rings (SSSR count). The van der Waals surface area contributed by atoms with E-state index >= 15 is 0 Å². The number of thiophene rings is 1. The molecule has 3 aliphatic heterocycles. The van der Waals surface area contributed by atoms with E-state index < -0.39 is 11.6 Å². The maximum atomic E-state index is 12.7. The molecule has 6 nitrogen and oxygen atoms in total. The summed E-state index contributed by atoms with van der Waals surface area (Å²) in [5.41, 5.74) is 0.629. The smallest absolute Gasteiger partial charge is 0.345 e. The second kappa shape index (κ2) is 6.70. The first kappa shape index (κ1) is 17.0. The molecule has 2 fully saturated rings. The average molecular weight is 365 g/mol. The highest BCUT2D eigenvalue weighted by Crippen LogP contribution is 2.44. The van der Waals surface area contributed by atoms with Crippen LogP contribution in [0.1, 0.15) is 45.8 Å². The molecule has 25 heavy (non-hydrogen) atoms. The van der Waals surface area contributed by atoms with Crippen LogP contribution in [-0.2, 0) is 26.3 Å². The summed E-state index contributed by atoms with van der Waals surface area (Å²) in [4.78, 5) is 27.5. The summed E-state index contributed by atoms with van der Waals surface area (Å²) in [5, 5.41) is 9.29. The maximum absolute atomic E-state index is 12.7. The molecule has 0 aromatic carbocycles. The monoisotopic (exact) mass is 365 g/mol. The van der Waals surface area contributed by atoms with Crippen LogP contribution in [0.3, 0.4) is 0 Å². The van der Waals surface area contributed by atoms with Gasteiger partial charge in [-0.1, -0.05) is 0 Å². The summed E-state index contributed by atoms with van der Waals surface area (Å²) in [6.45, 7) is 3.32. The van der Waals surface area contributed by atoms with E-state index in [4.69, 9.17) is 9.47 Å². The first-order valence-electron chi connectivity index (χ1n) is 8.96. The topological polar surface area (TPSA) is 76.1 Å². The molecule has 0 radical (unpaired) electrons. The number of piperidine rings is 1. The zero-order valence-electron chi connectivity index (χ0n) is 14.2. The predicted molar refractivity (Wildman–Crippen MR) is 92.0 cm³/mol. The Kier molecular flexibility index (Phi) is 4.56. The third-order valence-electron chi connectivity index (χ3n) is 5.67. The van der Waals surface area contributed by atoms with Crippen LogP contribution < -0.4 is 0 Å². The number of nitrogens with zero attached hydrogens (tertiary/aromatic N) is 1. The van der Waals surface area contributed by atoms with Crippen LogP contribution >= 0.6 is 11.3 Å². The molecule has 1 spiro atoms. The molecular weight excluding hydrogens is 342 g/mol. The van der Waals surface area contributed by atoms with E-state index in [1.54, 1.807) is 6.07 Å². The van der Waals surface area contributed by atoms with Gasteiger partial charge in [-0.25, -0.2) is 4.79 Å². The van der Waals surface area contributed by atoms with Crippen molar-refractivity contribution in [3.05, 3.63) is 21.4 Å². The largest absolute Gasteiger partial charge is 0.477 e. The van der Waals surface area contributed by atoms with Gasteiger partial charge in [0, 0.05) is 43.5 Å². The molecule has 0 saturated carbocycles. The van der Waals surface area contributed by atoms with Crippen molar-refractivity contribution >= 4 is 23.2 Å². The molecule has 0 aliphatic carbocycles. The summed E-state index contributed by atoms with van der Waals surface area (Å²) >= 11 is 1.37. The number of hydrogen-bond acceptors (Lipinski definition) is 5. The van der Waals surface area contributed by atoms with E-state index in [1.807, 2.05) is 4.90 Å². The maximum Gasteiger partial charge on any atom is 0.345 e. The van der Waals surface area contributed by atoms with Gasteiger partial charge < -0.3 is 19.5 Å². The number of fused-ring (bicyclic) bond motifs is 2. The van der Waals surface area contributed by atoms with Crippen LogP contribution in [0.5, 0.6) is 0 Å². The highest BCUT2D eigenvalue weighted by atomic mass is 32.1. The molecule has 1 aromatic rings. The van der Waals surface area contributed by atoms with Crippen LogP contribution in [0, 0.1) is 5.92 Å². The normalized spacial score (nSPS) is 23.4. The number of amides is 1. The van der Waals surface area contributed by atoms with Crippen molar-refractivity contribution in [1.82, 2.24) is 4.90 Å². The van der Waals surface area contributed by atoms with Gasteiger partial charge in [0.1, 0.15) is 4.88 Å². The van der Waals surface area contributed by atoms with Crippen molar-refractivity contribution in [3.63, 3.8) is 0 Å². The fourth-order valence-electron chi connectivity index (χ4n) is 4.23. The van der Waals surface area contributed by atoms with E-state index in [0.29, 0.717) is 37.8 Å². The van der Waals surface area contributed by atoms with E-state index in [0.717, 1.165) is 42.5 Å². The Morgan fingerprint density at radius 1 is 1.20 bits per heavy atom. The summed E-state index contributed by atoms with van der Waals surface area (Å²) in [6.07, 6.45) is 3.89. The van der Waals surface area contributed by atoms with Crippen LogP contribution in [0.25, 0.3) is 0 Å². The molecule has 7 heteroatoms. The summed E-state index contributed by atoms with van der Waals surface area (Å²) in [5.74, 6) is -0.544. The fourth-order valence-corrected chi connectivity index (χ4v) is 5.30. The second-order valence-corrected chi connectivity index (χ2v) is 8.19. The van der Waals surface area contributed by atoms with Crippen molar-refractivity contribution in [1.29, 1.82) is 0 Å². The summed E-state index contributed by atoms with van der Waals surface area (Å²) in [6, 6.07) is 1.79. The van der Waals surface area contributed by atoms with Gasteiger partial charge in [-0.3, -0.25) is 4.79 Å². The van der Waals surface area contributed by atoms with Gasteiger partial charge in [-0.15, -0.1) is 11.3 Å². The van der Waals surface area contributed by atoms with Crippen molar-refractivity contribution in [2.75, 3.05) is 32.9 Å². The number of carboxylic acids is 1. The number of ether oxygens (including phenoxy) is 2. The zero-order chi connectivity index (χ0) is 17.4. The van der Waals surface area contributed by atoms with Gasteiger partial charge in [0.05, 0.1) is 12.2 Å². The van der Waals surface area contributed by atoms with Gasteiger partial charge >= 0.3 is 5.97 Å². The molecule has 3 aliphatic rings. The Labute approximate surface area is 150 Å². The number of rotatable bonds is 2. The molecule has 0 bridgehead atoms. The molecule has 1 aromatic heterocycles. The lowest BCUT2D eigenvalue weighted by molar-refractivity contribution is -0.147. The number of hydrogen-bond donors (Lipinski definition) is 1. The van der Waals surface area contributed by atoms with Crippen molar-refractivity contribution in [2.45, 2.75) is 37.7 Å². The van der Waals surface area contributed by atoms with Crippen molar-refractivity contribution in [3.8, 4) is 0 Å². The Morgan fingerprint density at radius 2 is 1.92 bits per heavy atom. The summed E-state index contributed by atoms with van der Waals surface area (Å²) < 4.78 is 11.5. The van der Waals surface area contributed by atoms with Crippen molar-refractivity contribution < 1.29 is 24.2 Å². The van der Waals surface area contributed by atoms with Crippen LogP contribution in [-0.4, -0.2) is 54.8 Å². The molecule has 0 unspecified atom stereocenters. The molecule has 0 atom stereocenters. The molecular formula is C18H23NO5S. The van der Waals surface area contributed by atoms with Gasteiger partial charge in [0.25, 0.3) is 0 Å². The first-order valence-corrected chi connectivity index (χ1v) is 9.78. The molecule has 4 heterocycles. The van der Waals surface area contributed by atoms with Gasteiger partial charge in [0.2, 0.25) is 5.91 Å². The highest BCUT2D eigenvalue weighted by Gasteiger charge is 2.43. The Morgan fingerprint density at radius 3 is 2.60 bits per heavy atom. The standard InChI is InChI=1S/C18H23NO5S/c20-16(12-1-8-23-9-2-12)19-6-4-18(5-7-19)13-11-15(17(21)22)25-14(13)3-10-24-18/h11-12H,1-10H2,(H,21,22). The van der Waals surface area contributed by atoms with Gasteiger partial charge in [-0.2, -0.15) is 0 Å². The average Bonchev–Trinajstić information content (AvgIpc) is 3.09. The lowest BCUT2D eigenvalue weighted by atomic mass is 9.81. The minimum atomic E-state index is -0.873. The third kappa shape index (κ3) is 3.09. The van der Waals surface area contributed by atoms with E-state index in [1.165, 1.54) is 11.3 Å². The van der Waals surface area contributed by atoms with Crippen molar-refractivity contribution in [2.24, 2.45) is 5.92 Å². The van der Waals surface area contributed by atoms with Crippen LogP contribution in [0.2, 0.25) is 0 Å². The number of carbonyl (C=O) groups excluding carboxylic acids is 1.